The maximum atomic E-state index is 13.0. The lowest BCUT2D eigenvalue weighted by molar-refractivity contribution is 0.102. The third kappa shape index (κ3) is 4.32. The first-order valence-electron chi connectivity index (χ1n) is 9.14. The summed E-state index contributed by atoms with van der Waals surface area (Å²) in [5.74, 6) is 0.202. The average molecular weight is 385 g/mol. The minimum Gasteiger partial charge on any atom is -0.488 e. The van der Waals surface area contributed by atoms with Gasteiger partial charge in [-0.15, -0.1) is 0 Å². The molecule has 2 aromatic heterocycles. The molecule has 1 N–H and O–H groups in total. The lowest BCUT2D eigenvalue weighted by Crippen LogP contribution is -2.14. The largest absolute Gasteiger partial charge is 0.488 e. The van der Waals surface area contributed by atoms with Crippen molar-refractivity contribution < 1.29 is 14.1 Å². The van der Waals surface area contributed by atoms with Crippen LogP contribution >= 0.6 is 0 Å². The van der Waals surface area contributed by atoms with E-state index in [0.717, 1.165) is 16.7 Å². The van der Waals surface area contributed by atoms with Gasteiger partial charge in [0.2, 0.25) is 0 Å². The SMILES string of the molecule is Cc1nocc1NC(=O)c1cc(-c2ccncc2)ccc1OCc1ccccc1. The first-order valence-corrected chi connectivity index (χ1v) is 9.14. The van der Waals surface area contributed by atoms with Crippen LogP contribution < -0.4 is 10.1 Å². The Labute approximate surface area is 168 Å². The minimum absolute atomic E-state index is 0.296. The van der Waals surface area contributed by atoms with Gasteiger partial charge < -0.3 is 14.6 Å². The molecular weight excluding hydrogens is 366 g/mol. The lowest BCUT2D eigenvalue weighted by Gasteiger charge is -2.13. The number of nitrogens with one attached hydrogen (secondary N) is 1. The number of carbonyl (C=O) groups excluding carboxylic acids is 1. The van der Waals surface area contributed by atoms with Gasteiger partial charge in [-0.2, -0.15) is 0 Å². The summed E-state index contributed by atoms with van der Waals surface area (Å²) in [6, 6.07) is 19.2. The van der Waals surface area contributed by atoms with Crippen molar-refractivity contribution in [3.63, 3.8) is 0 Å². The number of rotatable bonds is 6. The Morgan fingerprint density at radius 2 is 1.83 bits per heavy atom. The van der Waals surface area contributed by atoms with Crippen molar-refractivity contribution >= 4 is 11.6 Å². The summed E-state index contributed by atoms with van der Waals surface area (Å²) in [6.07, 6.45) is 4.84. The van der Waals surface area contributed by atoms with Gasteiger partial charge in [0.05, 0.1) is 5.56 Å². The van der Waals surface area contributed by atoms with E-state index in [9.17, 15) is 4.79 Å². The summed E-state index contributed by atoms with van der Waals surface area (Å²) in [7, 11) is 0. The number of pyridine rings is 1. The molecule has 6 heteroatoms. The number of amides is 1. The number of hydrogen-bond donors (Lipinski definition) is 1. The van der Waals surface area contributed by atoms with Crippen LogP contribution in [-0.4, -0.2) is 16.0 Å². The van der Waals surface area contributed by atoms with Gasteiger partial charge >= 0.3 is 0 Å². The molecule has 0 aliphatic rings. The van der Waals surface area contributed by atoms with E-state index >= 15 is 0 Å². The summed E-state index contributed by atoms with van der Waals surface area (Å²) >= 11 is 0. The van der Waals surface area contributed by atoms with E-state index in [4.69, 9.17) is 9.26 Å². The first-order chi connectivity index (χ1) is 14.2. The van der Waals surface area contributed by atoms with Crippen LogP contribution in [0.3, 0.4) is 0 Å². The van der Waals surface area contributed by atoms with Gasteiger partial charge in [0, 0.05) is 12.4 Å². The van der Waals surface area contributed by atoms with Crippen LogP contribution in [0.5, 0.6) is 5.75 Å². The predicted molar refractivity (Wildman–Crippen MR) is 110 cm³/mol. The minimum atomic E-state index is -0.296. The van der Waals surface area contributed by atoms with Crippen LogP contribution in [0.15, 0.2) is 83.8 Å². The highest BCUT2D eigenvalue weighted by Gasteiger charge is 2.17. The predicted octanol–water partition coefficient (Wildman–Crippen LogP) is 4.88. The molecule has 0 unspecified atom stereocenters. The van der Waals surface area contributed by atoms with Gasteiger partial charge in [-0.05, 0) is 47.9 Å². The van der Waals surface area contributed by atoms with E-state index in [0.29, 0.717) is 29.3 Å². The fourth-order valence-electron chi connectivity index (χ4n) is 2.89. The number of ether oxygens (including phenoxy) is 1. The van der Waals surface area contributed by atoms with E-state index in [1.807, 2.05) is 60.7 Å². The van der Waals surface area contributed by atoms with Crippen LogP contribution in [0, 0.1) is 6.92 Å². The highest BCUT2D eigenvalue weighted by Crippen LogP contribution is 2.28. The second-order valence-electron chi connectivity index (χ2n) is 6.49. The Morgan fingerprint density at radius 1 is 1.03 bits per heavy atom. The van der Waals surface area contributed by atoms with E-state index in [2.05, 4.69) is 15.5 Å². The Morgan fingerprint density at radius 3 is 2.55 bits per heavy atom. The summed E-state index contributed by atoms with van der Waals surface area (Å²) in [4.78, 5) is 17.1. The number of aryl methyl sites for hydroxylation is 1. The zero-order chi connectivity index (χ0) is 20.1. The van der Waals surface area contributed by atoms with Gasteiger partial charge in [0.15, 0.2) is 0 Å². The van der Waals surface area contributed by atoms with Crippen molar-refractivity contribution in [2.75, 3.05) is 5.32 Å². The van der Waals surface area contributed by atoms with Gasteiger partial charge in [0.25, 0.3) is 5.91 Å². The highest BCUT2D eigenvalue weighted by molar-refractivity contribution is 6.07. The van der Waals surface area contributed by atoms with Gasteiger partial charge in [-0.1, -0.05) is 41.6 Å². The molecule has 0 aliphatic carbocycles. The zero-order valence-electron chi connectivity index (χ0n) is 15.8. The summed E-state index contributed by atoms with van der Waals surface area (Å²) < 4.78 is 10.9. The molecule has 0 saturated heterocycles. The quantitative estimate of drug-likeness (QED) is 0.512. The van der Waals surface area contributed by atoms with Crippen LogP contribution in [0.1, 0.15) is 21.6 Å². The molecule has 4 aromatic rings. The summed E-state index contributed by atoms with van der Waals surface area (Å²) in [5.41, 5.74) is 4.44. The Kier molecular flexibility index (Phi) is 5.33. The molecule has 144 valence electrons. The van der Waals surface area contributed by atoms with Crippen molar-refractivity contribution in [2.24, 2.45) is 0 Å². The molecule has 2 aromatic carbocycles. The average Bonchev–Trinajstić information content (AvgIpc) is 3.18. The van der Waals surface area contributed by atoms with Crippen LogP contribution in [0.2, 0.25) is 0 Å². The topological polar surface area (TPSA) is 77.3 Å². The number of benzene rings is 2. The monoisotopic (exact) mass is 385 g/mol. The molecule has 0 saturated carbocycles. The normalized spacial score (nSPS) is 10.5. The van der Waals surface area contributed by atoms with Gasteiger partial charge in [0.1, 0.15) is 30.0 Å². The smallest absolute Gasteiger partial charge is 0.259 e. The molecular formula is C23H19N3O3. The maximum Gasteiger partial charge on any atom is 0.259 e. The molecule has 6 nitrogen and oxygen atoms in total. The number of hydrogen-bond acceptors (Lipinski definition) is 5. The molecule has 29 heavy (non-hydrogen) atoms. The highest BCUT2D eigenvalue weighted by atomic mass is 16.5. The fraction of sp³-hybridized carbons (Fsp3) is 0.0870. The molecule has 0 spiro atoms. The van der Waals surface area contributed by atoms with Crippen LogP contribution in [0.4, 0.5) is 5.69 Å². The second kappa shape index (κ2) is 8.39. The third-order valence-electron chi connectivity index (χ3n) is 4.47. The number of carbonyl (C=O) groups is 1. The number of nitrogens with zero attached hydrogens (tertiary/aromatic N) is 2. The molecule has 0 bridgehead atoms. The Bertz CT molecular complexity index is 1110. The Hall–Kier alpha value is -3.93. The van der Waals surface area contributed by atoms with E-state index in [1.54, 1.807) is 19.3 Å². The molecule has 1 amide bonds. The van der Waals surface area contributed by atoms with Gasteiger partial charge in [-0.25, -0.2) is 0 Å². The van der Waals surface area contributed by atoms with E-state index in [-0.39, 0.29) is 5.91 Å². The number of anilines is 1. The molecule has 0 aliphatic heterocycles. The van der Waals surface area contributed by atoms with E-state index in [1.165, 1.54) is 6.26 Å². The van der Waals surface area contributed by atoms with Gasteiger partial charge in [-0.3, -0.25) is 9.78 Å². The van der Waals surface area contributed by atoms with Crippen molar-refractivity contribution in [2.45, 2.75) is 13.5 Å². The summed E-state index contributed by atoms with van der Waals surface area (Å²) in [6.45, 7) is 2.13. The standard InChI is InChI=1S/C23H19N3O3/c1-16-21(15-29-26-16)25-23(27)20-13-19(18-9-11-24-12-10-18)7-8-22(20)28-14-17-5-3-2-4-6-17/h2-13,15H,14H2,1H3,(H,25,27). The molecule has 4 rings (SSSR count). The molecule has 0 atom stereocenters. The Balaban J connectivity index is 1.65. The summed E-state index contributed by atoms with van der Waals surface area (Å²) in [5, 5.41) is 6.64. The lowest BCUT2D eigenvalue weighted by atomic mass is 10.0. The first kappa shape index (κ1) is 18.4. The van der Waals surface area contributed by atoms with E-state index < -0.39 is 0 Å². The van der Waals surface area contributed by atoms with Crippen molar-refractivity contribution in [1.82, 2.24) is 10.1 Å². The van der Waals surface area contributed by atoms with Crippen LogP contribution in [0.25, 0.3) is 11.1 Å². The van der Waals surface area contributed by atoms with Crippen molar-refractivity contribution in [3.05, 3.63) is 96.1 Å². The second-order valence-corrected chi connectivity index (χ2v) is 6.49. The van der Waals surface area contributed by atoms with Crippen molar-refractivity contribution in [1.29, 1.82) is 0 Å². The molecule has 0 fully saturated rings. The fourth-order valence-corrected chi connectivity index (χ4v) is 2.89. The van der Waals surface area contributed by atoms with Crippen molar-refractivity contribution in [3.8, 4) is 16.9 Å². The molecule has 0 radical (unpaired) electrons. The number of aromatic nitrogens is 2. The zero-order valence-corrected chi connectivity index (χ0v) is 15.8. The third-order valence-corrected chi connectivity index (χ3v) is 4.47. The molecule has 2 heterocycles. The maximum absolute atomic E-state index is 13.0. The van der Waals surface area contributed by atoms with Crippen LogP contribution in [-0.2, 0) is 6.61 Å².